The lowest BCUT2D eigenvalue weighted by atomic mass is 10.5. The summed E-state index contributed by atoms with van der Waals surface area (Å²) in [6, 6.07) is 0. The first-order valence-electron chi connectivity index (χ1n) is 3.74. The molecule has 0 aromatic carbocycles. The van der Waals surface area contributed by atoms with Gasteiger partial charge in [-0.2, -0.15) is 0 Å². The molecule has 3 N–H and O–H groups in total. The molecule has 0 aliphatic rings. The Kier molecular flexibility index (Phi) is 6.28. The van der Waals surface area contributed by atoms with Crippen molar-refractivity contribution < 1.29 is 14.7 Å². The molecule has 0 rings (SSSR count). The summed E-state index contributed by atoms with van der Waals surface area (Å²) in [4.78, 5) is 21.2. The monoisotopic (exact) mass is 184 g/mol. The molecule has 0 saturated heterocycles. The summed E-state index contributed by atoms with van der Waals surface area (Å²) in [7, 11) is 0. The van der Waals surface area contributed by atoms with Gasteiger partial charge in [-0.05, 0) is 0 Å². The minimum atomic E-state index is -0.303. The second-order valence-electron chi connectivity index (χ2n) is 2.20. The molecule has 5 nitrogen and oxygen atoms in total. The molecule has 0 saturated carbocycles. The van der Waals surface area contributed by atoms with E-state index in [0.29, 0.717) is 0 Å². The molecule has 0 radical (unpaired) electrons. The van der Waals surface area contributed by atoms with Crippen LogP contribution in [0.5, 0.6) is 0 Å². The van der Waals surface area contributed by atoms with E-state index in [1.807, 2.05) is 0 Å². The molecule has 0 unspecified atom stereocenters. The summed E-state index contributed by atoms with van der Waals surface area (Å²) >= 11 is 0. The van der Waals surface area contributed by atoms with Crippen molar-refractivity contribution >= 4 is 11.8 Å². The molecule has 13 heavy (non-hydrogen) atoms. The van der Waals surface area contributed by atoms with Gasteiger partial charge in [-0.3, -0.25) is 9.59 Å². The molecule has 0 aromatic rings. The van der Waals surface area contributed by atoms with E-state index in [2.05, 4.69) is 22.5 Å². The van der Waals surface area contributed by atoms with Crippen LogP contribution in [0.1, 0.15) is 6.92 Å². The van der Waals surface area contributed by atoms with E-state index < -0.39 is 0 Å². The van der Waals surface area contributed by atoms with Crippen molar-refractivity contribution in [1.29, 1.82) is 0 Å². The molecule has 72 valence electrons. The van der Waals surface area contributed by atoms with Crippen LogP contribution in [-0.4, -0.2) is 36.6 Å². The second kappa shape index (κ2) is 7.13. The van der Waals surface area contributed by atoms with Gasteiger partial charge in [0.2, 0.25) is 11.8 Å². The Hall–Kier alpha value is -1.54. The average Bonchev–Trinajstić information content (AvgIpc) is 2.09. The number of carbonyl (C=O) groups is 2. The molecule has 2 amide bonds. The van der Waals surface area contributed by atoms with E-state index in [4.69, 9.17) is 5.11 Å². The van der Waals surface area contributed by atoms with Crippen molar-refractivity contribution in [3.63, 3.8) is 0 Å². The third-order valence-electron chi connectivity index (χ3n) is 1.08. The number of nitrogens with one attached hydrogen (secondary N) is 2. The van der Waals surface area contributed by atoms with Gasteiger partial charge in [-0.15, -0.1) is 0 Å². The third kappa shape index (κ3) is 8.37. The van der Waals surface area contributed by atoms with Crippen LogP contribution in [-0.2, 0) is 9.59 Å². The van der Waals surface area contributed by atoms with Crippen molar-refractivity contribution in [3.05, 3.63) is 0 Å². The third-order valence-corrected chi connectivity index (χ3v) is 1.08. The summed E-state index contributed by atoms with van der Waals surface area (Å²) in [5.74, 6) is 4.32. The highest BCUT2D eigenvalue weighted by Crippen LogP contribution is 1.65. The number of aliphatic hydroxyl groups is 1. The number of carbonyl (C=O) groups excluding carboxylic acids is 2. The maximum atomic E-state index is 10.9. The Morgan fingerprint density at radius 2 is 2.00 bits per heavy atom. The van der Waals surface area contributed by atoms with Crippen molar-refractivity contribution in [2.75, 3.05) is 19.7 Å². The molecular formula is C8H12N2O3. The lowest BCUT2D eigenvalue weighted by Gasteiger charge is -2.00. The van der Waals surface area contributed by atoms with Crippen LogP contribution in [0.3, 0.4) is 0 Å². The first-order valence-corrected chi connectivity index (χ1v) is 3.74. The minimum Gasteiger partial charge on any atom is -0.384 e. The molecule has 0 atom stereocenters. The molecule has 0 aliphatic heterocycles. The van der Waals surface area contributed by atoms with Crippen LogP contribution in [0, 0.1) is 11.8 Å². The highest BCUT2D eigenvalue weighted by molar-refractivity contribution is 5.83. The summed E-state index contributed by atoms with van der Waals surface area (Å²) in [5, 5.41) is 13.0. The van der Waals surface area contributed by atoms with Gasteiger partial charge in [0.15, 0.2) is 0 Å². The predicted molar refractivity (Wildman–Crippen MR) is 46.6 cm³/mol. The van der Waals surface area contributed by atoms with Crippen molar-refractivity contribution in [1.82, 2.24) is 10.6 Å². The topological polar surface area (TPSA) is 78.4 Å². The first kappa shape index (κ1) is 11.5. The quantitative estimate of drug-likeness (QED) is 0.454. The Labute approximate surface area is 76.5 Å². The zero-order valence-corrected chi connectivity index (χ0v) is 7.39. The summed E-state index contributed by atoms with van der Waals surface area (Å²) < 4.78 is 0. The molecule has 0 fully saturated rings. The fourth-order valence-electron chi connectivity index (χ4n) is 0.528. The highest BCUT2D eigenvalue weighted by atomic mass is 16.2. The van der Waals surface area contributed by atoms with Gasteiger partial charge in [0, 0.05) is 6.92 Å². The molecule has 0 aromatic heterocycles. The summed E-state index contributed by atoms with van der Waals surface area (Å²) in [6.45, 7) is 1.25. The average molecular weight is 184 g/mol. The van der Waals surface area contributed by atoms with Gasteiger partial charge in [0.25, 0.3) is 0 Å². The van der Waals surface area contributed by atoms with Crippen LogP contribution in [0.15, 0.2) is 0 Å². The van der Waals surface area contributed by atoms with Crippen LogP contribution in [0.4, 0.5) is 0 Å². The highest BCUT2D eigenvalue weighted by Gasteiger charge is 1.98. The Bertz CT molecular complexity index is 240. The fraction of sp³-hybridized carbons (Fsp3) is 0.500. The van der Waals surface area contributed by atoms with E-state index in [9.17, 15) is 9.59 Å². The van der Waals surface area contributed by atoms with Crippen LogP contribution in [0.25, 0.3) is 0 Å². The first-order chi connectivity index (χ1) is 6.16. The normalized spacial score (nSPS) is 8.15. The van der Waals surface area contributed by atoms with Gasteiger partial charge in [-0.25, -0.2) is 0 Å². The number of amides is 2. The van der Waals surface area contributed by atoms with E-state index in [1.165, 1.54) is 6.92 Å². The van der Waals surface area contributed by atoms with Crippen molar-refractivity contribution in [3.8, 4) is 11.8 Å². The molecule has 0 aliphatic carbocycles. The number of rotatable bonds is 3. The minimum absolute atomic E-state index is 0.0455. The summed E-state index contributed by atoms with van der Waals surface area (Å²) in [6.07, 6.45) is 0. The predicted octanol–water partition coefficient (Wildman–Crippen LogP) is -1.77. The van der Waals surface area contributed by atoms with E-state index in [1.54, 1.807) is 0 Å². The second-order valence-corrected chi connectivity index (χ2v) is 2.20. The molecule has 0 bridgehead atoms. The van der Waals surface area contributed by atoms with E-state index >= 15 is 0 Å². The van der Waals surface area contributed by atoms with Crippen LogP contribution < -0.4 is 10.6 Å². The lowest BCUT2D eigenvalue weighted by Crippen LogP contribution is -2.35. The number of aliphatic hydroxyl groups excluding tert-OH is 1. The van der Waals surface area contributed by atoms with Crippen LogP contribution in [0.2, 0.25) is 0 Å². The standard InChI is InChI=1S/C8H12N2O3/c1-7(12)10-6-8(13)9-4-2-3-5-11/h11H,4-6H2,1H3,(H,9,13)(H,10,12). The van der Waals surface area contributed by atoms with Crippen LogP contribution >= 0.6 is 0 Å². The fourth-order valence-corrected chi connectivity index (χ4v) is 0.528. The van der Waals surface area contributed by atoms with E-state index in [-0.39, 0.29) is 31.5 Å². The van der Waals surface area contributed by atoms with Crippen molar-refractivity contribution in [2.45, 2.75) is 6.92 Å². The Balaban J connectivity index is 3.46. The summed E-state index contributed by atoms with van der Waals surface area (Å²) in [5.41, 5.74) is 0. The maximum absolute atomic E-state index is 10.9. The Morgan fingerprint density at radius 3 is 2.54 bits per heavy atom. The SMILES string of the molecule is CC(=O)NCC(=O)NCC#CCO. The smallest absolute Gasteiger partial charge is 0.240 e. The maximum Gasteiger partial charge on any atom is 0.240 e. The zero-order chi connectivity index (χ0) is 10.1. The molecule has 0 spiro atoms. The largest absolute Gasteiger partial charge is 0.384 e. The van der Waals surface area contributed by atoms with Gasteiger partial charge in [0.1, 0.15) is 6.61 Å². The molecular weight excluding hydrogens is 172 g/mol. The lowest BCUT2D eigenvalue weighted by molar-refractivity contribution is -0.124. The van der Waals surface area contributed by atoms with E-state index in [0.717, 1.165) is 0 Å². The number of hydrogen-bond donors (Lipinski definition) is 3. The molecule has 5 heteroatoms. The zero-order valence-electron chi connectivity index (χ0n) is 7.39. The van der Waals surface area contributed by atoms with Gasteiger partial charge >= 0.3 is 0 Å². The van der Waals surface area contributed by atoms with Crippen molar-refractivity contribution in [2.24, 2.45) is 0 Å². The Morgan fingerprint density at radius 1 is 1.31 bits per heavy atom. The van der Waals surface area contributed by atoms with Gasteiger partial charge in [0.05, 0.1) is 13.1 Å². The number of hydrogen-bond acceptors (Lipinski definition) is 3. The molecule has 0 heterocycles. The van der Waals surface area contributed by atoms with Gasteiger partial charge < -0.3 is 15.7 Å². The van der Waals surface area contributed by atoms with Gasteiger partial charge in [-0.1, -0.05) is 11.8 Å².